The lowest BCUT2D eigenvalue weighted by Crippen LogP contribution is -2.22. The zero-order chi connectivity index (χ0) is 14.8. The third-order valence-corrected chi connectivity index (χ3v) is 4.03. The largest absolute Gasteiger partial charge is 0.371 e. The van der Waals surface area contributed by atoms with Gasteiger partial charge in [-0.2, -0.15) is 0 Å². The summed E-state index contributed by atoms with van der Waals surface area (Å²) in [5.41, 5.74) is 0. The van der Waals surface area contributed by atoms with Crippen molar-refractivity contribution in [2.75, 3.05) is 26.4 Å². The highest BCUT2D eigenvalue weighted by Gasteiger charge is 2.27. The summed E-state index contributed by atoms with van der Waals surface area (Å²) in [6, 6.07) is 0. The monoisotopic (exact) mass is 300 g/mol. The summed E-state index contributed by atoms with van der Waals surface area (Å²) < 4.78 is 22.0. The maximum absolute atomic E-state index is 5.80. The normalized spacial score (nSPS) is 25.0. The van der Waals surface area contributed by atoms with Crippen LogP contribution < -0.4 is 0 Å². The van der Waals surface area contributed by atoms with Gasteiger partial charge < -0.3 is 18.9 Å². The van der Waals surface area contributed by atoms with Crippen molar-refractivity contribution in [2.24, 2.45) is 0 Å². The van der Waals surface area contributed by atoms with Crippen molar-refractivity contribution >= 4 is 0 Å². The molecule has 0 aromatic heterocycles. The molecule has 2 heterocycles. The summed E-state index contributed by atoms with van der Waals surface area (Å²) in [5, 5.41) is 0. The van der Waals surface area contributed by atoms with Crippen LogP contribution in [0, 0.1) is 0 Å². The second-order valence-electron chi connectivity index (χ2n) is 6.27. The summed E-state index contributed by atoms with van der Waals surface area (Å²) in [7, 11) is 0. The molecule has 2 unspecified atom stereocenters. The van der Waals surface area contributed by atoms with Gasteiger partial charge in [0.25, 0.3) is 0 Å². The number of hydrogen-bond donors (Lipinski definition) is 0. The fourth-order valence-electron chi connectivity index (χ4n) is 2.42. The number of epoxide rings is 2. The molecule has 0 bridgehead atoms. The Morgan fingerprint density at radius 2 is 1.29 bits per heavy atom. The fourth-order valence-corrected chi connectivity index (χ4v) is 2.42. The summed E-state index contributed by atoms with van der Waals surface area (Å²) in [6.45, 7) is 5.30. The van der Waals surface area contributed by atoms with E-state index in [0.717, 1.165) is 19.6 Å². The first kappa shape index (κ1) is 17.2. The molecule has 2 aliphatic rings. The van der Waals surface area contributed by atoms with E-state index >= 15 is 0 Å². The number of rotatable bonds is 15. The molecule has 2 fully saturated rings. The third-order valence-electron chi connectivity index (χ3n) is 4.03. The van der Waals surface area contributed by atoms with Gasteiger partial charge in [-0.15, -0.1) is 0 Å². The van der Waals surface area contributed by atoms with Crippen molar-refractivity contribution in [3.63, 3.8) is 0 Å². The zero-order valence-electron chi connectivity index (χ0n) is 13.6. The van der Waals surface area contributed by atoms with Crippen molar-refractivity contribution in [1.29, 1.82) is 0 Å². The maximum atomic E-state index is 5.80. The Bertz CT molecular complexity index is 235. The smallest absolute Gasteiger partial charge is 0.157 e. The first-order chi connectivity index (χ1) is 10.4. The highest BCUT2D eigenvalue weighted by molar-refractivity contribution is 4.70. The number of unbranched alkanes of at least 4 members (excludes halogenated alkanes) is 7. The molecule has 0 aliphatic carbocycles. The van der Waals surface area contributed by atoms with Gasteiger partial charge in [0, 0.05) is 0 Å². The molecule has 0 aromatic rings. The highest BCUT2D eigenvalue weighted by atomic mass is 16.7. The van der Waals surface area contributed by atoms with Crippen LogP contribution in [0.3, 0.4) is 0 Å². The van der Waals surface area contributed by atoms with Gasteiger partial charge in [0.2, 0.25) is 0 Å². The lowest BCUT2D eigenvalue weighted by Gasteiger charge is -2.17. The van der Waals surface area contributed by atoms with E-state index in [1.54, 1.807) is 0 Å². The van der Waals surface area contributed by atoms with Crippen LogP contribution >= 0.6 is 0 Å². The molecule has 4 nitrogen and oxygen atoms in total. The summed E-state index contributed by atoms with van der Waals surface area (Å²) in [4.78, 5) is 0. The minimum Gasteiger partial charge on any atom is -0.371 e. The lowest BCUT2D eigenvalue weighted by atomic mass is 10.1. The van der Waals surface area contributed by atoms with Crippen LogP contribution in [0.2, 0.25) is 0 Å². The fraction of sp³-hybridized carbons (Fsp3) is 1.00. The van der Waals surface area contributed by atoms with Crippen LogP contribution in [0.25, 0.3) is 0 Å². The molecule has 2 saturated heterocycles. The molecular weight excluding hydrogens is 268 g/mol. The van der Waals surface area contributed by atoms with Crippen molar-refractivity contribution < 1.29 is 18.9 Å². The molecule has 0 radical (unpaired) electrons. The predicted molar refractivity (Wildman–Crippen MR) is 82.4 cm³/mol. The minimum atomic E-state index is -0.0708. The highest BCUT2D eigenvalue weighted by Crippen LogP contribution is 2.17. The summed E-state index contributed by atoms with van der Waals surface area (Å²) >= 11 is 0. The molecule has 0 spiro atoms. The Hall–Kier alpha value is -0.160. The van der Waals surface area contributed by atoms with Gasteiger partial charge in [-0.25, -0.2) is 0 Å². The standard InChI is InChI=1S/C17H32O4/c1-2-3-4-5-6-7-8-9-10-17(20-13-15-11-18-15)21-14-16-12-19-16/h15-17H,2-14H2,1H3. The number of hydrogen-bond acceptors (Lipinski definition) is 4. The average molecular weight is 300 g/mol. The molecule has 2 atom stereocenters. The molecule has 124 valence electrons. The van der Waals surface area contributed by atoms with E-state index in [2.05, 4.69) is 6.92 Å². The average Bonchev–Trinajstić information content (AvgIpc) is 3.38. The van der Waals surface area contributed by atoms with Crippen molar-refractivity contribution in [1.82, 2.24) is 0 Å². The van der Waals surface area contributed by atoms with E-state index in [4.69, 9.17) is 18.9 Å². The van der Waals surface area contributed by atoms with Gasteiger partial charge in [-0.1, -0.05) is 51.9 Å². The van der Waals surface area contributed by atoms with E-state index in [0.29, 0.717) is 25.4 Å². The Kier molecular flexibility index (Phi) is 8.64. The van der Waals surface area contributed by atoms with Crippen LogP contribution in [-0.2, 0) is 18.9 Å². The summed E-state index contributed by atoms with van der Waals surface area (Å²) in [5.74, 6) is 0. The lowest BCUT2D eigenvalue weighted by molar-refractivity contribution is -0.151. The van der Waals surface area contributed by atoms with Gasteiger partial charge in [0.1, 0.15) is 12.2 Å². The second-order valence-corrected chi connectivity index (χ2v) is 6.27. The van der Waals surface area contributed by atoms with Crippen molar-refractivity contribution in [2.45, 2.75) is 83.2 Å². The molecular formula is C17H32O4. The van der Waals surface area contributed by atoms with Gasteiger partial charge >= 0.3 is 0 Å². The molecule has 0 saturated carbocycles. The maximum Gasteiger partial charge on any atom is 0.157 e. The van der Waals surface area contributed by atoms with Crippen LogP contribution in [0.4, 0.5) is 0 Å². The topological polar surface area (TPSA) is 43.5 Å². The van der Waals surface area contributed by atoms with Gasteiger partial charge in [-0.3, -0.25) is 0 Å². The van der Waals surface area contributed by atoms with Crippen molar-refractivity contribution in [3.05, 3.63) is 0 Å². The SMILES string of the molecule is CCCCCCCCCCC(OCC1CO1)OCC1CO1. The van der Waals surface area contributed by atoms with Crippen LogP contribution in [-0.4, -0.2) is 44.9 Å². The second kappa shape index (κ2) is 10.5. The van der Waals surface area contributed by atoms with Crippen LogP contribution in [0.5, 0.6) is 0 Å². The Labute approximate surface area is 129 Å². The molecule has 0 amide bonds. The van der Waals surface area contributed by atoms with Crippen molar-refractivity contribution in [3.8, 4) is 0 Å². The predicted octanol–water partition coefficient (Wildman–Crippen LogP) is 3.67. The molecule has 2 aliphatic heterocycles. The van der Waals surface area contributed by atoms with E-state index < -0.39 is 0 Å². The minimum absolute atomic E-state index is 0.0708. The molecule has 4 heteroatoms. The quantitative estimate of drug-likeness (QED) is 0.263. The molecule has 0 N–H and O–H groups in total. The van der Waals surface area contributed by atoms with E-state index in [9.17, 15) is 0 Å². The third kappa shape index (κ3) is 9.46. The van der Waals surface area contributed by atoms with E-state index in [-0.39, 0.29) is 6.29 Å². The van der Waals surface area contributed by atoms with E-state index in [1.165, 1.54) is 51.4 Å². The molecule has 0 aromatic carbocycles. The molecule has 21 heavy (non-hydrogen) atoms. The van der Waals surface area contributed by atoms with Gasteiger partial charge in [-0.05, 0) is 12.8 Å². The summed E-state index contributed by atoms with van der Waals surface area (Å²) in [6.07, 6.45) is 12.2. The van der Waals surface area contributed by atoms with Crippen LogP contribution in [0.15, 0.2) is 0 Å². The Morgan fingerprint density at radius 3 is 1.76 bits per heavy atom. The van der Waals surface area contributed by atoms with Gasteiger partial charge in [0.15, 0.2) is 6.29 Å². The first-order valence-electron chi connectivity index (χ1n) is 8.85. The Morgan fingerprint density at radius 1 is 0.810 bits per heavy atom. The van der Waals surface area contributed by atoms with E-state index in [1.807, 2.05) is 0 Å². The Balaban J connectivity index is 1.44. The molecule has 2 rings (SSSR count). The zero-order valence-corrected chi connectivity index (χ0v) is 13.6. The number of ether oxygens (including phenoxy) is 4. The van der Waals surface area contributed by atoms with Crippen LogP contribution in [0.1, 0.15) is 64.7 Å². The first-order valence-corrected chi connectivity index (χ1v) is 8.85. The van der Waals surface area contributed by atoms with Gasteiger partial charge in [0.05, 0.1) is 26.4 Å².